The number of nitrogens with one attached hydrogen (secondary N) is 1. The van der Waals surface area contributed by atoms with Crippen LogP contribution in [0.15, 0.2) is 48.7 Å². The molecular weight excluding hydrogens is 353 g/mol. The molecule has 4 rings (SSSR count). The molecule has 0 saturated carbocycles. The molecule has 0 atom stereocenters. The Morgan fingerprint density at radius 1 is 0.960 bits per heavy atom. The number of benzene rings is 2. The molecule has 1 fully saturated rings. The van der Waals surface area contributed by atoms with Crippen LogP contribution in [0, 0.1) is 0 Å². The third kappa shape index (κ3) is 3.74. The molecule has 3 aromatic rings. The molecule has 2 heterocycles. The molecule has 0 bridgehead atoms. The van der Waals surface area contributed by atoms with Crippen molar-refractivity contribution in [1.29, 1.82) is 0 Å². The van der Waals surface area contributed by atoms with E-state index in [0.29, 0.717) is 10.0 Å². The summed E-state index contributed by atoms with van der Waals surface area (Å²) >= 11 is 12.1. The van der Waals surface area contributed by atoms with Gasteiger partial charge in [0.05, 0.1) is 21.9 Å². The Bertz CT molecular complexity index is 882. The Balaban J connectivity index is 1.58. The maximum atomic E-state index is 6.11. The molecule has 0 aliphatic carbocycles. The molecule has 5 heteroatoms. The lowest BCUT2D eigenvalue weighted by Crippen LogP contribution is -2.18. The summed E-state index contributed by atoms with van der Waals surface area (Å²) in [6, 6.07) is 14.2. The first kappa shape index (κ1) is 16.6. The minimum Gasteiger partial charge on any atom is -0.338 e. The molecular formula is C20H19Cl2N3. The van der Waals surface area contributed by atoms with E-state index in [1.165, 1.54) is 31.5 Å². The maximum absolute atomic E-state index is 6.11. The molecule has 1 N–H and O–H groups in total. The smallest absolute Gasteiger partial charge is 0.137 e. The summed E-state index contributed by atoms with van der Waals surface area (Å²) in [5.41, 5.74) is 4.42. The van der Waals surface area contributed by atoms with Gasteiger partial charge in [-0.2, -0.15) is 0 Å². The molecule has 0 radical (unpaired) electrons. The van der Waals surface area contributed by atoms with E-state index in [-0.39, 0.29) is 0 Å². The summed E-state index contributed by atoms with van der Waals surface area (Å²) in [5, 5.41) is 1.08. The van der Waals surface area contributed by atoms with E-state index in [1.807, 2.05) is 18.3 Å². The van der Waals surface area contributed by atoms with E-state index < -0.39 is 0 Å². The summed E-state index contributed by atoms with van der Waals surface area (Å²) in [4.78, 5) is 10.4. The van der Waals surface area contributed by atoms with Crippen LogP contribution >= 0.6 is 23.2 Å². The second kappa shape index (κ2) is 7.20. The Kier molecular flexibility index (Phi) is 4.80. The lowest BCUT2D eigenvalue weighted by atomic mass is 10.1. The molecule has 1 aliphatic rings. The van der Waals surface area contributed by atoms with Gasteiger partial charge in [0.25, 0.3) is 0 Å². The fourth-order valence-electron chi connectivity index (χ4n) is 3.29. The molecule has 1 aliphatic heterocycles. The number of aromatic amines is 1. The van der Waals surface area contributed by atoms with Crippen molar-refractivity contribution < 1.29 is 0 Å². The highest BCUT2D eigenvalue weighted by molar-refractivity contribution is 6.42. The molecule has 128 valence electrons. The zero-order valence-corrected chi connectivity index (χ0v) is 15.3. The summed E-state index contributed by atoms with van der Waals surface area (Å²) in [6.45, 7) is 3.42. The monoisotopic (exact) mass is 371 g/mol. The molecule has 1 aromatic heterocycles. The van der Waals surface area contributed by atoms with Gasteiger partial charge in [0.15, 0.2) is 0 Å². The fraction of sp³-hybridized carbons (Fsp3) is 0.250. The van der Waals surface area contributed by atoms with Crippen LogP contribution in [0.1, 0.15) is 18.4 Å². The molecule has 2 aromatic carbocycles. The highest BCUT2D eigenvalue weighted by Crippen LogP contribution is 2.29. The van der Waals surface area contributed by atoms with Crippen molar-refractivity contribution in [2.75, 3.05) is 13.1 Å². The summed E-state index contributed by atoms with van der Waals surface area (Å²) < 4.78 is 0. The van der Waals surface area contributed by atoms with Crippen LogP contribution in [0.4, 0.5) is 0 Å². The van der Waals surface area contributed by atoms with E-state index in [1.54, 1.807) is 6.07 Å². The Hall–Kier alpha value is -1.81. The number of hydrogen-bond acceptors (Lipinski definition) is 2. The molecule has 0 spiro atoms. The van der Waals surface area contributed by atoms with Gasteiger partial charge in [0.1, 0.15) is 5.82 Å². The van der Waals surface area contributed by atoms with Gasteiger partial charge in [-0.05, 0) is 61.3 Å². The molecule has 0 unspecified atom stereocenters. The average molecular weight is 372 g/mol. The highest BCUT2D eigenvalue weighted by Gasteiger charge is 2.13. The quantitative estimate of drug-likeness (QED) is 0.642. The normalized spacial score (nSPS) is 15.0. The standard InChI is InChI=1S/C20H19Cl2N3/c21-17-7-6-16(11-18(17)22)20-23-12-19(24-20)15-5-3-4-14(10-15)13-25-8-1-2-9-25/h3-7,10-12H,1-2,8-9,13H2,(H,23,24). The van der Waals surface area contributed by atoms with E-state index in [2.05, 4.69) is 39.1 Å². The van der Waals surface area contributed by atoms with Gasteiger partial charge in [-0.15, -0.1) is 0 Å². The predicted molar refractivity (Wildman–Crippen MR) is 104 cm³/mol. The summed E-state index contributed by atoms with van der Waals surface area (Å²) in [5.74, 6) is 0.790. The van der Waals surface area contributed by atoms with Gasteiger partial charge in [-0.25, -0.2) is 4.98 Å². The minimum absolute atomic E-state index is 0.532. The molecule has 3 nitrogen and oxygen atoms in total. The highest BCUT2D eigenvalue weighted by atomic mass is 35.5. The largest absolute Gasteiger partial charge is 0.338 e. The van der Waals surface area contributed by atoms with E-state index in [9.17, 15) is 0 Å². The van der Waals surface area contributed by atoms with Crippen molar-refractivity contribution >= 4 is 23.2 Å². The average Bonchev–Trinajstić information content (AvgIpc) is 3.29. The number of nitrogens with zero attached hydrogens (tertiary/aromatic N) is 2. The van der Waals surface area contributed by atoms with Crippen LogP contribution in [0.5, 0.6) is 0 Å². The second-order valence-corrected chi connectivity index (χ2v) is 7.27. The Morgan fingerprint density at radius 2 is 1.80 bits per heavy atom. The molecule has 25 heavy (non-hydrogen) atoms. The SMILES string of the molecule is Clc1ccc(-c2ncc(-c3cccc(CN4CCCC4)c3)[nH]2)cc1Cl. The second-order valence-electron chi connectivity index (χ2n) is 6.46. The number of H-pyrrole nitrogens is 1. The van der Waals surface area contributed by atoms with E-state index in [4.69, 9.17) is 23.2 Å². The van der Waals surface area contributed by atoms with Crippen molar-refractivity contribution in [3.05, 3.63) is 64.3 Å². The number of rotatable bonds is 4. The fourth-order valence-corrected chi connectivity index (χ4v) is 3.59. The summed E-state index contributed by atoms with van der Waals surface area (Å²) in [7, 11) is 0. The Morgan fingerprint density at radius 3 is 2.60 bits per heavy atom. The van der Waals surface area contributed by atoms with Crippen LogP contribution in [-0.2, 0) is 6.54 Å². The van der Waals surface area contributed by atoms with Gasteiger partial charge in [-0.3, -0.25) is 4.90 Å². The lowest BCUT2D eigenvalue weighted by molar-refractivity contribution is 0.331. The third-order valence-corrected chi connectivity index (χ3v) is 5.35. The van der Waals surface area contributed by atoms with Crippen LogP contribution in [0.2, 0.25) is 10.0 Å². The lowest BCUT2D eigenvalue weighted by Gasteiger charge is -2.14. The topological polar surface area (TPSA) is 31.9 Å². The van der Waals surface area contributed by atoms with Gasteiger partial charge in [-0.1, -0.05) is 41.4 Å². The number of aromatic nitrogens is 2. The van der Waals surface area contributed by atoms with Crippen molar-refractivity contribution in [3.8, 4) is 22.6 Å². The zero-order valence-electron chi connectivity index (χ0n) is 13.8. The van der Waals surface area contributed by atoms with Crippen molar-refractivity contribution in [3.63, 3.8) is 0 Å². The predicted octanol–water partition coefficient (Wildman–Crippen LogP) is 5.65. The van der Waals surface area contributed by atoms with Gasteiger partial charge >= 0.3 is 0 Å². The third-order valence-electron chi connectivity index (χ3n) is 4.61. The van der Waals surface area contributed by atoms with Crippen LogP contribution in [-0.4, -0.2) is 28.0 Å². The van der Waals surface area contributed by atoms with Crippen molar-refractivity contribution in [1.82, 2.24) is 14.9 Å². The van der Waals surface area contributed by atoms with E-state index in [0.717, 1.165) is 29.2 Å². The van der Waals surface area contributed by atoms with Gasteiger partial charge < -0.3 is 4.98 Å². The van der Waals surface area contributed by atoms with Crippen LogP contribution in [0.25, 0.3) is 22.6 Å². The Labute approximate surface area is 157 Å². The maximum Gasteiger partial charge on any atom is 0.137 e. The first-order chi connectivity index (χ1) is 12.2. The summed E-state index contributed by atoms with van der Waals surface area (Å²) in [6.07, 6.45) is 4.49. The number of halogens is 2. The first-order valence-electron chi connectivity index (χ1n) is 8.51. The van der Waals surface area contributed by atoms with E-state index >= 15 is 0 Å². The zero-order chi connectivity index (χ0) is 17.2. The molecule has 1 saturated heterocycles. The van der Waals surface area contributed by atoms with Crippen LogP contribution < -0.4 is 0 Å². The number of imidazole rings is 1. The van der Waals surface area contributed by atoms with Crippen LogP contribution in [0.3, 0.4) is 0 Å². The number of likely N-dealkylation sites (tertiary alicyclic amines) is 1. The van der Waals surface area contributed by atoms with Crippen molar-refractivity contribution in [2.45, 2.75) is 19.4 Å². The van der Waals surface area contributed by atoms with Crippen molar-refractivity contribution in [2.24, 2.45) is 0 Å². The molecule has 0 amide bonds. The number of hydrogen-bond donors (Lipinski definition) is 1. The minimum atomic E-state index is 0.532. The first-order valence-corrected chi connectivity index (χ1v) is 9.27. The van der Waals surface area contributed by atoms with Gasteiger partial charge in [0.2, 0.25) is 0 Å². The van der Waals surface area contributed by atoms with Gasteiger partial charge in [0, 0.05) is 12.1 Å².